The van der Waals surface area contributed by atoms with Crippen LogP contribution in [0, 0.1) is 12.7 Å². The Balaban J connectivity index is 2.37. The first-order valence-corrected chi connectivity index (χ1v) is 7.63. The Morgan fingerprint density at radius 3 is 2.71 bits per heavy atom. The molecule has 2 aromatic carbocycles. The third-order valence-corrected chi connectivity index (χ3v) is 4.60. The van der Waals surface area contributed by atoms with Crippen molar-refractivity contribution in [3.8, 4) is 5.75 Å². The maximum absolute atomic E-state index is 13.9. The molecule has 0 saturated carbocycles. The molecule has 2 rings (SSSR count). The number of ether oxygens (including phenoxy) is 1. The molecule has 2 nitrogen and oxygen atoms in total. The van der Waals surface area contributed by atoms with Crippen LogP contribution in [0.4, 0.5) is 4.39 Å². The van der Waals surface area contributed by atoms with Gasteiger partial charge in [0.15, 0.2) is 0 Å². The summed E-state index contributed by atoms with van der Waals surface area (Å²) in [4.78, 5) is 0. The van der Waals surface area contributed by atoms with Gasteiger partial charge in [0.2, 0.25) is 0 Å². The molecule has 0 radical (unpaired) electrons. The van der Waals surface area contributed by atoms with E-state index in [4.69, 9.17) is 22.1 Å². The van der Waals surface area contributed by atoms with Gasteiger partial charge in [-0.2, -0.15) is 0 Å². The van der Waals surface area contributed by atoms with Crippen molar-refractivity contribution in [2.24, 2.45) is 5.73 Å². The van der Waals surface area contributed by atoms with Crippen LogP contribution in [0.3, 0.4) is 0 Å². The Kier molecular flexibility index (Phi) is 5.25. The van der Waals surface area contributed by atoms with Gasteiger partial charge in [-0.05, 0) is 43.2 Å². The Labute approximate surface area is 137 Å². The van der Waals surface area contributed by atoms with E-state index in [1.54, 1.807) is 19.2 Å². The summed E-state index contributed by atoms with van der Waals surface area (Å²) in [6.45, 7) is 1.97. The van der Waals surface area contributed by atoms with Gasteiger partial charge in [0.1, 0.15) is 11.6 Å². The fraction of sp³-hybridized carbons (Fsp3) is 0.250. The number of aryl methyl sites for hydroxylation is 1. The van der Waals surface area contributed by atoms with E-state index < -0.39 is 6.04 Å². The lowest BCUT2D eigenvalue weighted by Crippen LogP contribution is -2.16. The van der Waals surface area contributed by atoms with E-state index in [2.05, 4.69) is 15.9 Å². The molecule has 0 aliphatic carbocycles. The Bertz CT molecular complexity index is 643. The van der Waals surface area contributed by atoms with Crippen LogP contribution in [0.15, 0.2) is 34.8 Å². The number of rotatable bonds is 4. The molecular weight excluding hydrogens is 357 g/mol. The first-order valence-electron chi connectivity index (χ1n) is 6.46. The Hall–Kier alpha value is -1.10. The highest BCUT2D eigenvalue weighted by Crippen LogP contribution is 2.33. The second kappa shape index (κ2) is 6.77. The molecule has 0 bridgehead atoms. The summed E-state index contributed by atoms with van der Waals surface area (Å²) in [5.41, 5.74) is 8.52. The smallest absolute Gasteiger partial charge is 0.127 e. The van der Waals surface area contributed by atoms with Crippen molar-refractivity contribution in [1.82, 2.24) is 0 Å². The largest absolute Gasteiger partial charge is 0.496 e. The molecule has 0 aliphatic heterocycles. The highest BCUT2D eigenvalue weighted by molar-refractivity contribution is 9.10. The van der Waals surface area contributed by atoms with Crippen LogP contribution >= 0.6 is 27.5 Å². The predicted octanol–water partition coefficient (Wildman–Crippen LogP) is 4.80. The van der Waals surface area contributed by atoms with Gasteiger partial charge in [0, 0.05) is 26.7 Å². The van der Waals surface area contributed by atoms with E-state index >= 15 is 0 Å². The van der Waals surface area contributed by atoms with E-state index in [0.29, 0.717) is 22.8 Å². The Morgan fingerprint density at radius 1 is 1.38 bits per heavy atom. The molecule has 0 amide bonds. The van der Waals surface area contributed by atoms with Crippen LogP contribution < -0.4 is 10.5 Å². The fourth-order valence-corrected chi connectivity index (χ4v) is 2.80. The van der Waals surface area contributed by atoms with Crippen LogP contribution in [0.1, 0.15) is 22.7 Å². The predicted molar refractivity (Wildman–Crippen MR) is 87.5 cm³/mol. The molecule has 21 heavy (non-hydrogen) atoms. The molecule has 0 aliphatic rings. The van der Waals surface area contributed by atoms with Gasteiger partial charge in [-0.3, -0.25) is 0 Å². The second-order valence-electron chi connectivity index (χ2n) is 4.85. The zero-order chi connectivity index (χ0) is 15.6. The van der Waals surface area contributed by atoms with E-state index in [-0.39, 0.29) is 5.82 Å². The lowest BCUT2D eigenvalue weighted by Gasteiger charge is -2.18. The summed E-state index contributed by atoms with van der Waals surface area (Å²) in [6.07, 6.45) is 0.303. The minimum absolute atomic E-state index is 0.303. The number of methoxy groups -OCH3 is 1. The topological polar surface area (TPSA) is 35.2 Å². The number of hydrogen-bond donors (Lipinski definition) is 1. The molecule has 0 heterocycles. The number of hydrogen-bond acceptors (Lipinski definition) is 2. The van der Waals surface area contributed by atoms with Gasteiger partial charge in [-0.25, -0.2) is 4.39 Å². The van der Waals surface area contributed by atoms with Crippen molar-refractivity contribution in [2.75, 3.05) is 7.11 Å². The molecule has 112 valence electrons. The van der Waals surface area contributed by atoms with Crippen molar-refractivity contribution in [3.05, 3.63) is 62.3 Å². The monoisotopic (exact) mass is 371 g/mol. The molecule has 2 aromatic rings. The molecule has 0 spiro atoms. The normalized spacial score (nSPS) is 12.3. The Morgan fingerprint density at radius 2 is 2.10 bits per heavy atom. The van der Waals surface area contributed by atoms with Gasteiger partial charge in [-0.1, -0.05) is 33.6 Å². The molecular formula is C16H16BrClFNO. The van der Waals surface area contributed by atoms with Gasteiger partial charge >= 0.3 is 0 Å². The standard InChI is InChI=1S/C16H16BrClFNO/c1-9-6-16(21-2)11(7-12(9)17)15(20)8-10-13(18)4-3-5-14(10)19/h3-7,15H,8,20H2,1-2H3. The van der Waals surface area contributed by atoms with Gasteiger partial charge in [-0.15, -0.1) is 0 Å². The summed E-state index contributed by atoms with van der Waals surface area (Å²) < 4.78 is 20.2. The SMILES string of the molecule is COc1cc(C)c(Br)cc1C(N)Cc1c(F)cccc1Cl. The van der Waals surface area contributed by atoms with Gasteiger partial charge in [0.25, 0.3) is 0 Å². The molecule has 2 N–H and O–H groups in total. The minimum Gasteiger partial charge on any atom is -0.496 e. The fourth-order valence-electron chi connectivity index (χ4n) is 2.19. The lowest BCUT2D eigenvalue weighted by atomic mass is 9.97. The summed E-state index contributed by atoms with van der Waals surface area (Å²) in [7, 11) is 1.59. The summed E-state index contributed by atoms with van der Waals surface area (Å²) in [5, 5.41) is 0.385. The molecule has 1 unspecified atom stereocenters. The van der Waals surface area contributed by atoms with Crippen LogP contribution in [0.25, 0.3) is 0 Å². The van der Waals surface area contributed by atoms with Gasteiger partial charge < -0.3 is 10.5 Å². The van der Waals surface area contributed by atoms with Crippen molar-refractivity contribution in [2.45, 2.75) is 19.4 Å². The molecule has 1 atom stereocenters. The molecule has 0 aromatic heterocycles. The summed E-state index contributed by atoms with van der Waals surface area (Å²) in [5.74, 6) is 0.346. The van der Waals surface area contributed by atoms with E-state index in [0.717, 1.165) is 15.6 Å². The summed E-state index contributed by atoms with van der Waals surface area (Å²) >= 11 is 9.54. The van der Waals surface area contributed by atoms with Crippen molar-refractivity contribution < 1.29 is 9.13 Å². The van der Waals surface area contributed by atoms with Crippen molar-refractivity contribution in [1.29, 1.82) is 0 Å². The quantitative estimate of drug-likeness (QED) is 0.836. The van der Waals surface area contributed by atoms with Crippen molar-refractivity contribution >= 4 is 27.5 Å². The lowest BCUT2D eigenvalue weighted by molar-refractivity contribution is 0.404. The number of nitrogens with two attached hydrogens (primary N) is 1. The van der Waals surface area contributed by atoms with E-state index in [9.17, 15) is 4.39 Å². The highest BCUT2D eigenvalue weighted by atomic mass is 79.9. The number of benzene rings is 2. The highest BCUT2D eigenvalue weighted by Gasteiger charge is 2.18. The molecule has 0 saturated heterocycles. The number of halogens is 3. The average Bonchev–Trinajstić information content (AvgIpc) is 2.45. The van der Waals surface area contributed by atoms with Crippen molar-refractivity contribution in [3.63, 3.8) is 0 Å². The second-order valence-corrected chi connectivity index (χ2v) is 6.12. The van der Waals surface area contributed by atoms with Crippen LogP contribution in [-0.2, 0) is 6.42 Å². The zero-order valence-corrected chi connectivity index (χ0v) is 14.1. The average molecular weight is 373 g/mol. The van der Waals surface area contributed by atoms with Crippen LogP contribution in [0.5, 0.6) is 5.75 Å². The minimum atomic E-state index is -0.411. The van der Waals surface area contributed by atoms with Crippen LogP contribution in [-0.4, -0.2) is 7.11 Å². The third kappa shape index (κ3) is 3.57. The third-order valence-electron chi connectivity index (χ3n) is 3.40. The maximum atomic E-state index is 13.9. The van der Waals surface area contributed by atoms with Crippen LogP contribution in [0.2, 0.25) is 5.02 Å². The summed E-state index contributed by atoms with van der Waals surface area (Å²) in [6, 6.07) is 8.03. The molecule has 5 heteroatoms. The first-order chi connectivity index (χ1) is 9.93. The molecule has 0 fully saturated rings. The zero-order valence-electron chi connectivity index (χ0n) is 11.8. The van der Waals surface area contributed by atoms with E-state index in [1.807, 2.05) is 19.1 Å². The van der Waals surface area contributed by atoms with Gasteiger partial charge in [0.05, 0.1) is 7.11 Å². The van der Waals surface area contributed by atoms with E-state index in [1.165, 1.54) is 6.07 Å². The first kappa shape index (κ1) is 16.3. The maximum Gasteiger partial charge on any atom is 0.127 e.